The summed E-state index contributed by atoms with van der Waals surface area (Å²) in [5.41, 5.74) is 1.09. The minimum Gasteiger partial charge on any atom is -0.477 e. The van der Waals surface area contributed by atoms with Crippen LogP contribution in [0.5, 0.6) is 5.88 Å². The molecule has 38 heavy (non-hydrogen) atoms. The molecule has 0 spiro atoms. The van der Waals surface area contributed by atoms with Gasteiger partial charge in [0.25, 0.3) is 15.9 Å². The summed E-state index contributed by atoms with van der Waals surface area (Å²) in [4.78, 5) is 28.8. The number of piperidine rings is 1. The number of carbonyl (C=O) groups excluding carboxylic acids is 1. The van der Waals surface area contributed by atoms with Crippen LogP contribution in [0.3, 0.4) is 0 Å². The fourth-order valence-electron chi connectivity index (χ4n) is 4.06. The minimum atomic E-state index is -4.83. The van der Waals surface area contributed by atoms with E-state index in [4.69, 9.17) is 4.74 Å². The molecule has 0 unspecified atom stereocenters. The van der Waals surface area contributed by atoms with E-state index in [0.29, 0.717) is 35.2 Å². The quantitative estimate of drug-likeness (QED) is 0.358. The number of hydrogen-bond donors (Lipinski definition) is 2. The van der Waals surface area contributed by atoms with Crippen LogP contribution in [-0.2, 0) is 10.0 Å². The van der Waals surface area contributed by atoms with Gasteiger partial charge in [0.1, 0.15) is 5.69 Å². The number of aromatic nitrogens is 3. The first kappa shape index (κ1) is 27.8. The zero-order valence-electron chi connectivity index (χ0n) is 20.6. The van der Waals surface area contributed by atoms with Crippen LogP contribution in [0.4, 0.5) is 14.5 Å². The summed E-state index contributed by atoms with van der Waals surface area (Å²) in [6, 6.07) is 5.58. The summed E-state index contributed by atoms with van der Waals surface area (Å²) in [5, 5.41) is 3.20. The number of halogens is 2. The van der Waals surface area contributed by atoms with Crippen LogP contribution in [0.25, 0.3) is 10.6 Å². The summed E-state index contributed by atoms with van der Waals surface area (Å²) in [6.45, 7) is 4.47. The number of nitrogens with zero attached hydrogens (tertiary/aromatic N) is 4. The van der Waals surface area contributed by atoms with Crippen molar-refractivity contribution >= 4 is 33.0 Å². The molecule has 1 atom stereocenters. The standard InChI is InChI=1S/C24H28F2N6O4S2/c1-2-36-21-14-27-12-18(29-21)20-13-28-23(37-20)22(33)30-19(15-32-9-4-3-5-10-32)16-7-6-8-17(11-16)31-38(34,35)24(25)26/h6-8,11-14,19,24,31H,2-5,9-10,15H2,1H3,(H,30,33)/t19-/m1/s1. The van der Waals surface area contributed by atoms with Gasteiger partial charge in [-0.05, 0) is 50.6 Å². The molecule has 3 aromatic rings. The van der Waals surface area contributed by atoms with Gasteiger partial charge in [0.15, 0.2) is 5.01 Å². The molecule has 1 aliphatic rings. The molecular weight excluding hydrogens is 538 g/mol. The largest absolute Gasteiger partial charge is 0.477 e. The second kappa shape index (κ2) is 12.5. The zero-order chi connectivity index (χ0) is 27.1. The first-order valence-electron chi connectivity index (χ1n) is 12.1. The number of carbonyl (C=O) groups is 1. The molecule has 0 bridgehead atoms. The molecule has 1 aromatic carbocycles. The number of anilines is 1. The molecule has 0 saturated carbocycles. The van der Waals surface area contributed by atoms with Crippen LogP contribution < -0.4 is 14.8 Å². The Morgan fingerprint density at radius 1 is 1.18 bits per heavy atom. The molecule has 204 valence electrons. The van der Waals surface area contributed by atoms with Crippen LogP contribution in [0.1, 0.15) is 47.6 Å². The van der Waals surface area contributed by atoms with Gasteiger partial charge in [-0.2, -0.15) is 8.78 Å². The monoisotopic (exact) mass is 566 g/mol. The predicted octanol–water partition coefficient (Wildman–Crippen LogP) is 3.92. The lowest BCUT2D eigenvalue weighted by Gasteiger charge is -2.31. The lowest BCUT2D eigenvalue weighted by molar-refractivity contribution is 0.0919. The summed E-state index contributed by atoms with van der Waals surface area (Å²) >= 11 is 1.15. The molecule has 1 fully saturated rings. The number of nitrogens with one attached hydrogen (secondary N) is 2. The molecular formula is C24H28F2N6O4S2. The van der Waals surface area contributed by atoms with Crippen molar-refractivity contribution in [3.05, 3.63) is 53.4 Å². The van der Waals surface area contributed by atoms with E-state index >= 15 is 0 Å². The molecule has 14 heteroatoms. The Morgan fingerprint density at radius 2 is 1.97 bits per heavy atom. The first-order chi connectivity index (χ1) is 18.2. The van der Waals surface area contributed by atoms with E-state index in [1.54, 1.807) is 24.5 Å². The fraction of sp³-hybridized carbons (Fsp3) is 0.417. The number of rotatable bonds is 11. The summed E-state index contributed by atoms with van der Waals surface area (Å²) in [6.07, 6.45) is 7.80. The van der Waals surface area contributed by atoms with Crippen LogP contribution in [0.15, 0.2) is 42.9 Å². The Morgan fingerprint density at radius 3 is 2.71 bits per heavy atom. The van der Waals surface area contributed by atoms with Crippen molar-refractivity contribution in [1.29, 1.82) is 0 Å². The van der Waals surface area contributed by atoms with E-state index < -0.39 is 27.7 Å². The Bertz CT molecular complexity index is 1350. The second-order valence-corrected chi connectivity index (χ2v) is 11.3. The normalized spacial score (nSPS) is 15.3. The highest BCUT2D eigenvalue weighted by atomic mass is 32.2. The zero-order valence-corrected chi connectivity index (χ0v) is 22.3. The first-order valence-corrected chi connectivity index (χ1v) is 14.5. The molecule has 4 rings (SSSR count). The lowest BCUT2D eigenvalue weighted by atomic mass is 10.0. The molecule has 1 amide bonds. The topological polar surface area (TPSA) is 126 Å². The van der Waals surface area contributed by atoms with Gasteiger partial charge in [-0.25, -0.2) is 18.4 Å². The Hall–Kier alpha value is -3.23. The van der Waals surface area contributed by atoms with Crippen molar-refractivity contribution in [3.8, 4) is 16.5 Å². The van der Waals surface area contributed by atoms with Gasteiger partial charge in [0, 0.05) is 18.4 Å². The average molecular weight is 567 g/mol. The van der Waals surface area contributed by atoms with E-state index in [-0.39, 0.29) is 10.7 Å². The average Bonchev–Trinajstić information content (AvgIpc) is 3.40. The maximum atomic E-state index is 13.2. The highest BCUT2D eigenvalue weighted by molar-refractivity contribution is 7.93. The Kier molecular flexibility index (Phi) is 9.17. The van der Waals surface area contributed by atoms with Crippen molar-refractivity contribution in [2.24, 2.45) is 0 Å². The Labute approximate surface area is 223 Å². The van der Waals surface area contributed by atoms with E-state index in [9.17, 15) is 22.0 Å². The van der Waals surface area contributed by atoms with Gasteiger partial charge in [-0.15, -0.1) is 11.3 Å². The van der Waals surface area contributed by atoms with E-state index in [1.807, 2.05) is 11.6 Å². The summed E-state index contributed by atoms with van der Waals surface area (Å²) < 4.78 is 56.4. The van der Waals surface area contributed by atoms with Gasteiger partial charge in [-0.1, -0.05) is 18.6 Å². The summed E-state index contributed by atoms with van der Waals surface area (Å²) in [7, 11) is -4.83. The Balaban J connectivity index is 1.55. The smallest absolute Gasteiger partial charge is 0.355 e. The number of alkyl halides is 2. The molecule has 0 radical (unpaired) electrons. The van der Waals surface area contributed by atoms with Gasteiger partial charge in [-0.3, -0.25) is 14.5 Å². The van der Waals surface area contributed by atoms with Crippen molar-refractivity contribution < 1.29 is 26.7 Å². The van der Waals surface area contributed by atoms with Gasteiger partial charge >= 0.3 is 5.76 Å². The lowest BCUT2D eigenvalue weighted by Crippen LogP contribution is -2.40. The van der Waals surface area contributed by atoms with Crippen LogP contribution in [0.2, 0.25) is 0 Å². The van der Waals surface area contributed by atoms with Crippen molar-refractivity contribution in [2.45, 2.75) is 38.0 Å². The molecule has 0 aliphatic carbocycles. The molecule has 1 saturated heterocycles. The van der Waals surface area contributed by atoms with Gasteiger partial charge < -0.3 is 15.0 Å². The van der Waals surface area contributed by atoms with Crippen LogP contribution >= 0.6 is 11.3 Å². The summed E-state index contributed by atoms with van der Waals surface area (Å²) in [5.74, 6) is -3.61. The maximum absolute atomic E-state index is 13.2. The van der Waals surface area contributed by atoms with E-state index in [0.717, 1.165) is 43.7 Å². The molecule has 10 nitrogen and oxygen atoms in total. The number of likely N-dealkylation sites (tertiary alicyclic amines) is 1. The number of sulfonamides is 1. The third-order valence-electron chi connectivity index (χ3n) is 5.84. The van der Waals surface area contributed by atoms with Crippen molar-refractivity contribution in [2.75, 3.05) is 31.0 Å². The highest BCUT2D eigenvalue weighted by Crippen LogP contribution is 2.27. The number of thiazole rings is 1. The SMILES string of the molecule is CCOc1cncc(-c2cnc(C(=O)N[C@H](CN3CCCCC3)c3cccc(NS(=O)(=O)C(F)F)c3)s2)n1. The van der Waals surface area contributed by atoms with E-state index in [2.05, 4.69) is 25.2 Å². The number of hydrogen-bond acceptors (Lipinski definition) is 9. The number of amides is 1. The number of benzene rings is 1. The van der Waals surface area contributed by atoms with E-state index in [1.165, 1.54) is 18.3 Å². The third kappa shape index (κ3) is 7.20. The minimum absolute atomic E-state index is 0.00928. The molecule has 3 heterocycles. The molecule has 2 aromatic heterocycles. The van der Waals surface area contributed by atoms with Crippen molar-refractivity contribution in [3.63, 3.8) is 0 Å². The third-order valence-corrected chi connectivity index (χ3v) is 7.84. The second-order valence-electron chi connectivity index (χ2n) is 8.63. The maximum Gasteiger partial charge on any atom is 0.355 e. The highest BCUT2D eigenvalue weighted by Gasteiger charge is 2.26. The van der Waals surface area contributed by atoms with Gasteiger partial charge in [0.2, 0.25) is 5.88 Å². The number of ether oxygens (including phenoxy) is 1. The van der Waals surface area contributed by atoms with Crippen molar-refractivity contribution in [1.82, 2.24) is 25.2 Å². The predicted molar refractivity (Wildman–Crippen MR) is 140 cm³/mol. The molecule has 1 aliphatic heterocycles. The fourth-order valence-corrected chi connectivity index (χ4v) is 5.38. The van der Waals surface area contributed by atoms with Gasteiger partial charge in [0.05, 0.1) is 29.9 Å². The van der Waals surface area contributed by atoms with Crippen LogP contribution in [0, 0.1) is 0 Å². The van der Waals surface area contributed by atoms with Crippen LogP contribution in [-0.4, -0.2) is 66.2 Å². The molecule has 2 N–H and O–H groups in total.